The van der Waals surface area contributed by atoms with Gasteiger partial charge >= 0.3 is 5.97 Å². The maximum Gasteiger partial charge on any atom is 0.323 e. The van der Waals surface area contributed by atoms with Crippen LogP contribution in [0.25, 0.3) is 0 Å². The molecule has 5 aliphatic carbocycles. The van der Waals surface area contributed by atoms with E-state index < -0.39 is 5.92 Å². The number of rotatable bonds is 4. The molecule has 4 heteroatoms. The number of hydrogen-bond donors (Lipinski definition) is 0. The molecule has 0 amide bonds. The first-order valence-electron chi connectivity index (χ1n) is 12.3. The zero-order chi connectivity index (χ0) is 21.5. The van der Waals surface area contributed by atoms with Gasteiger partial charge in [0.2, 0.25) is 0 Å². The van der Waals surface area contributed by atoms with E-state index in [0.29, 0.717) is 28.8 Å². The molecule has 0 aromatic carbocycles. The average molecular weight is 414 g/mol. The first-order chi connectivity index (χ1) is 14.3. The van der Waals surface area contributed by atoms with Crippen LogP contribution in [-0.4, -0.2) is 26.3 Å². The number of methoxy groups -OCH3 is 2. The highest BCUT2D eigenvalue weighted by atomic mass is 16.5. The third-order valence-electron chi connectivity index (χ3n) is 11.7. The third-order valence-corrected chi connectivity index (χ3v) is 11.7. The van der Waals surface area contributed by atoms with E-state index in [1.165, 1.54) is 52.1 Å². The molecule has 11 atom stereocenters. The molecule has 166 valence electrons. The van der Waals surface area contributed by atoms with Gasteiger partial charge < -0.3 is 9.47 Å². The van der Waals surface area contributed by atoms with Crippen molar-refractivity contribution in [2.45, 2.75) is 78.2 Å². The molecular weight excluding hydrogens is 374 g/mol. The standard InChI is InChI=1S/C26H39NO3/c1-15(18(14-27)23(28)30-5)19-6-7-20-17-12-22(29-4)26-13-16(26)8-11-25(26,3)21(17)9-10-24(19,20)2/h15-22H,6-13H2,1-5H3. The quantitative estimate of drug-likeness (QED) is 0.593. The minimum atomic E-state index is -0.644. The molecule has 0 aromatic rings. The number of fused-ring (bicyclic) bond motifs is 4. The fourth-order valence-electron chi connectivity index (χ4n) is 10.2. The summed E-state index contributed by atoms with van der Waals surface area (Å²) < 4.78 is 11.2. The molecule has 4 nitrogen and oxygen atoms in total. The van der Waals surface area contributed by atoms with Crippen molar-refractivity contribution in [2.24, 2.45) is 57.7 Å². The van der Waals surface area contributed by atoms with Crippen molar-refractivity contribution in [2.75, 3.05) is 14.2 Å². The van der Waals surface area contributed by atoms with Crippen LogP contribution in [0.5, 0.6) is 0 Å². The molecule has 11 unspecified atom stereocenters. The van der Waals surface area contributed by atoms with E-state index in [0.717, 1.165) is 24.2 Å². The molecule has 30 heavy (non-hydrogen) atoms. The summed E-state index contributed by atoms with van der Waals surface area (Å²) >= 11 is 0. The van der Waals surface area contributed by atoms with Crippen LogP contribution in [0.1, 0.15) is 72.1 Å². The van der Waals surface area contributed by atoms with Gasteiger partial charge in [-0.05, 0) is 97.7 Å². The van der Waals surface area contributed by atoms with Crippen LogP contribution in [-0.2, 0) is 14.3 Å². The Morgan fingerprint density at radius 1 is 1.10 bits per heavy atom. The fraction of sp³-hybridized carbons (Fsp3) is 0.923. The summed E-state index contributed by atoms with van der Waals surface area (Å²) in [7, 11) is 3.35. The predicted molar refractivity (Wildman–Crippen MR) is 114 cm³/mol. The van der Waals surface area contributed by atoms with Crippen molar-refractivity contribution < 1.29 is 14.3 Å². The Kier molecular flexibility index (Phi) is 4.65. The zero-order valence-corrected chi connectivity index (χ0v) is 19.4. The number of ether oxygens (including phenoxy) is 2. The molecule has 0 radical (unpaired) electrons. The van der Waals surface area contributed by atoms with Gasteiger partial charge in [-0.2, -0.15) is 5.26 Å². The van der Waals surface area contributed by atoms with E-state index in [1.54, 1.807) is 0 Å². The van der Waals surface area contributed by atoms with E-state index in [9.17, 15) is 10.1 Å². The number of nitriles is 1. The van der Waals surface area contributed by atoms with E-state index >= 15 is 0 Å². The minimum Gasteiger partial charge on any atom is -0.468 e. The Hall–Kier alpha value is -1.08. The second-order valence-electron chi connectivity index (χ2n) is 12.0. The molecular formula is C26H39NO3. The predicted octanol–water partition coefficient (Wildman–Crippen LogP) is 5.22. The Labute approximate surface area is 182 Å². The smallest absolute Gasteiger partial charge is 0.323 e. The summed E-state index contributed by atoms with van der Waals surface area (Å²) in [6.45, 7) is 7.22. The number of carbonyl (C=O) groups is 1. The molecule has 0 saturated heterocycles. The minimum absolute atomic E-state index is 0.0528. The molecule has 5 rings (SSSR count). The first kappa shape index (κ1) is 20.8. The monoisotopic (exact) mass is 413 g/mol. The first-order valence-corrected chi connectivity index (χ1v) is 12.3. The molecule has 0 aromatic heterocycles. The van der Waals surface area contributed by atoms with Crippen LogP contribution in [0.15, 0.2) is 0 Å². The number of hydrogen-bond acceptors (Lipinski definition) is 4. The molecule has 5 aliphatic rings. The summed E-state index contributed by atoms with van der Waals surface area (Å²) in [6.07, 6.45) is 10.8. The normalized spacial score (nSPS) is 52.8. The van der Waals surface area contributed by atoms with Crippen LogP contribution in [0.2, 0.25) is 0 Å². The second kappa shape index (κ2) is 6.71. The van der Waals surface area contributed by atoms with Gasteiger partial charge in [-0.1, -0.05) is 20.8 Å². The lowest BCUT2D eigenvalue weighted by molar-refractivity contribution is -0.162. The Morgan fingerprint density at radius 3 is 2.50 bits per heavy atom. The average Bonchev–Trinajstić information content (AvgIpc) is 3.24. The van der Waals surface area contributed by atoms with Gasteiger partial charge in [0.05, 0.1) is 19.3 Å². The lowest BCUT2D eigenvalue weighted by Crippen LogP contribution is -2.57. The van der Waals surface area contributed by atoms with E-state index in [2.05, 4.69) is 26.8 Å². The van der Waals surface area contributed by atoms with Gasteiger partial charge in [0.15, 0.2) is 0 Å². The molecule has 5 saturated carbocycles. The lowest BCUT2D eigenvalue weighted by atomic mass is 9.45. The van der Waals surface area contributed by atoms with E-state index in [1.807, 2.05) is 7.11 Å². The van der Waals surface area contributed by atoms with Crippen molar-refractivity contribution in [1.29, 1.82) is 5.26 Å². The summed E-state index contributed by atoms with van der Waals surface area (Å²) in [5, 5.41) is 9.69. The molecule has 0 aliphatic heterocycles. The van der Waals surface area contributed by atoms with Crippen LogP contribution in [0.3, 0.4) is 0 Å². The summed E-state index contributed by atoms with van der Waals surface area (Å²) in [5.41, 5.74) is 1.15. The van der Waals surface area contributed by atoms with Crippen LogP contribution in [0, 0.1) is 69.0 Å². The summed E-state index contributed by atoms with van der Waals surface area (Å²) in [5.74, 6) is 2.65. The largest absolute Gasteiger partial charge is 0.468 e. The number of esters is 1. The van der Waals surface area contributed by atoms with Crippen molar-refractivity contribution in [3.63, 3.8) is 0 Å². The Balaban J connectivity index is 1.44. The topological polar surface area (TPSA) is 59.3 Å². The highest BCUT2D eigenvalue weighted by molar-refractivity contribution is 5.75. The highest BCUT2D eigenvalue weighted by Gasteiger charge is 2.77. The number of nitrogens with zero attached hydrogens (tertiary/aromatic N) is 1. The lowest BCUT2D eigenvalue weighted by Gasteiger charge is -2.61. The van der Waals surface area contributed by atoms with Crippen molar-refractivity contribution in [1.82, 2.24) is 0 Å². The Bertz CT molecular complexity index is 775. The maximum atomic E-state index is 12.3. The van der Waals surface area contributed by atoms with Crippen molar-refractivity contribution >= 4 is 5.97 Å². The van der Waals surface area contributed by atoms with Gasteiger partial charge in [0, 0.05) is 12.5 Å². The van der Waals surface area contributed by atoms with Gasteiger partial charge in [-0.25, -0.2) is 0 Å². The number of carbonyl (C=O) groups excluding carboxylic acids is 1. The Morgan fingerprint density at radius 2 is 1.87 bits per heavy atom. The molecule has 0 N–H and O–H groups in total. The van der Waals surface area contributed by atoms with Crippen LogP contribution < -0.4 is 0 Å². The van der Waals surface area contributed by atoms with Gasteiger partial charge in [0.1, 0.15) is 5.92 Å². The van der Waals surface area contributed by atoms with Crippen LogP contribution >= 0.6 is 0 Å². The SMILES string of the molecule is COC(=O)C(C#N)C(C)C1CCC2C3CC(OC)C45CC4CCC5(C)C3CCC12C. The van der Waals surface area contributed by atoms with Gasteiger partial charge in [-0.15, -0.1) is 0 Å². The fourth-order valence-corrected chi connectivity index (χ4v) is 10.2. The molecule has 0 bridgehead atoms. The zero-order valence-electron chi connectivity index (χ0n) is 19.4. The molecule has 1 spiro atoms. The summed E-state index contributed by atoms with van der Waals surface area (Å²) in [4.78, 5) is 12.3. The van der Waals surface area contributed by atoms with Gasteiger partial charge in [-0.3, -0.25) is 4.79 Å². The van der Waals surface area contributed by atoms with Crippen LogP contribution in [0.4, 0.5) is 0 Å². The third kappa shape index (κ3) is 2.34. The highest BCUT2D eigenvalue weighted by Crippen LogP contribution is 2.82. The summed E-state index contributed by atoms with van der Waals surface area (Å²) in [6, 6.07) is 2.27. The molecule has 5 fully saturated rings. The van der Waals surface area contributed by atoms with E-state index in [4.69, 9.17) is 9.47 Å². The van der Waals surface area contributed by atoms with Crippen molar-refractivity contribution in [3.05, 3.63) is 0 Å². The van der Waals surface area contributed by atoms with Gasteiger partial charge in [0.25, 0.3) is 0 Å². The molecule has 0 heterocycles. The van der Waals surface area contributed by atoms with E-state index in [-0.39, 0.29) is 17.3 Å². The second-order valence-corrected chi connectivity index (χ2v) is 12.0. The maximum absolute atomic E-state index is 12.3. The van der Waals surface area contributed by atoms with Crippen molar-refractivity contribution in [3.8, 4) is 6.07 Å².